The topological polar surface area (TPSA) is 60.7 Å². The molecule has 0 unspecified atom stereocenters. The van der Waals surface area contributed by atoms with Gasteiger partial charge < -0.3 is 0 Å². The number of hydrogen-bond donors (Lipinski definition) is 0. The molecule has 0 bridgehead atoms. The molecule has 0 spiro atoms. The number of fused-ring (bicyclic) bond motifs is 1. The van der Waals surface area contributed by atoms with E-state index in [-0.39, 0.29) is 5.78 Å². The summed E-state index contributed by atoms with van der Waals surface area (Å²) in [6.45, 7) is 5.70. The van der Waals surface area contributed by atoms with Crippen LogP contribution < -0.4 is 0 Å². The van der Waals surface area contributed by atoms with E-state index >= 15 is 0 Å². The molecule has 0 radical (unpaired) electrons. The van der Waals surface area contributed by atoms with Crippen LogP contribution in [-0.2, 0) is 4.79 Å². The minimum atomic E-state index is 0.124. The van der Waals surface area contributed by atoms with Gasteiger partial charge in [-0.1, -0.05) is 29.5 Å². The van der Waals surface area contributed by atoms with E-state index in [2.05, 4.69) is 41.0 Å². The minimum absolute atomic E-state index is 0.124. The van der Waals surface area contributed by atoms with Gasteiger partial charge in [0, 0.05) is 0 Å². The molecule has 0 aliphatic carbocycles. The van der Waals surface area contributed by atoms with Gasteiger partial charge in [0.2, 0.25) is 0 Å². The van der Waals surface area contributed by atoms with Crippen molar-refractivity contribution < 1.29 is 4.79 Å². The molecule has 6 heteroatoms. The number of aromatic nitrogens is 4. The number of carbonyl (C=O) groups excluding carboxylic acids is 1. The quantitative estimate of drug-likeness (QED) is 0.547. The monoisotopic (exact) mass is 312 g/mol. The van der Waals surface area contributed by atoms with Gasteiger partial charge in [0.15, 0.2) is 5.65 Å². The van der Waals surface area contributed by atoms with E-state index in [1.165, 1.54) is 23.7 Å². The highest BCUT2D eigenvalue weighted by atomic mass is 32.2. The minimum Gasteiger partial charge on any atom is -0.299 e. The molecule has 3 rings (SSSR count). The van der Waals surface area contributed by atoms with E-state index in [4.69, 9.17) is 0 Å². The third-order valence-corrected chi connectivity index (χ3v) is 4.47. The van der Waals surface area contributed by atoms with Gasteiger partial charge in [0.05, 0.1) is 23.0 Å². The van der Waals surface area contributed by atoms with Gasteiger partial charge >= 0.3 is 0 Å². The van der Waals surface area contributed by atoms with Gasteiger partial charge in [-0.3, -0.25) is 4.79 Å². The van der Waals surface area contributed by atoms with Crippen molar-refractivity contribution in [3.05, 3.63) is 41.9 Å². The maximum atomic E-state index is 11.2. The zero-order chi connectivity index (χ0) is 15.7. The Morgan fingerprint density at radius 2 is 2.09 bits per heavy atom. The highest BCUT2D eigenvalue weighted by Crippen LogP contribution is 2.26. The molecular formula is C16H16N4OS. The van der Waals surface area contributed by atoms with Crippen LogP contribution in [0.3, 0.4) is 0 Å². The Bertz CT molecular complexity index is 856. The second kappa shape index (κ2) is 5.88. The van der Waals surface area contributed by atoms with Crippen molar-refractivity contribution in [2.75, 3.05) is 5.75 Å². The second-order valence-electron chi connectivity index (χ2n) is 5.25. The van der Waals surface area contributed by atoms with Crippen LogP contribution in [-0.4, -0.2) is 31.3 Å². The fraction of sp³-hybridized carbons (Fsp3) is 0.250. The van der Waals surface area contributed by atoms with E-state index < -0.39 is 0 Å². The first kappa shape index (κ1) is 14.7. The summed E-state index contributed by atoms with van der Waals surface area (Å²) in [5.41, 5.74) is 4.11. The van der Waals surface area contributed by atoms with Crippen LogP contribution in [0.15, 0.2) is 35.7 Å². The van der Waals surface area contributed by atoms with Gasteiger partial charge in [-0.25, -0.2) is 14.6 Å². The van der Waals surface area contributed by atoms with Crippen molar-refractivity contribution in [1.29, 1.82) is 0 Å². The first-order valence-electron chi connectivity index (χ1n) is 6.95. The number of nitrogens with zero attached hydrogens (tertiary/aromatic N) is 4. The van der Waals surface area contributed by atoms with Gasteiger partial charge in [-0.2, -0.15) is 5.10 Å². The first-order chi connectivity index (χ1) is 10.6. The van der Waals surface area contributed by atoms with Gasteiger partial charge in [-0.05, 0) is 32.4 Å². The third-order valence-electron chi connectivity index (χ3n) is 3.32. The Labute approximate surface area is 132 Å². The smallest absolute Gasteiger partial charge is 0.167 e. The van der Waals surface area contributed by atoms with Gasteiger partial charge in [0.1, 0.15) is 17.1 Å². The summed E-state index contributed by atoms with van der Waals surface area (Å²) in [5, 5.41) is 6.12. The first-order valence-corrected chi connectivity index (χ1v) is 7.93. The molecule has 0 amide bonds. The fourth-order valence-corrected chi connectivity index (χ4v) is 3.09. The Hall–Kier alpha value is -2.21. The van der Waals surface area contributed by atoms with Crippen molar-refractivity contribution >= 4 is 28.6 Å². The summed E-state index contributed by atoms with van der Waals surface area (Å²) < 4.78 is 1.82. The van der Waals surface area contributed by atoms with E-state index in [1.54, 1.807) is 13.1 Å². The average Bonchev–Trinajstić information content (AvgIpc) is 2.89. The Balaban J connectivity index is 2.09. The summed E-state index contributed by atoms with van der Waals surface area (Å²) >= 11 is 1.42. The standard InChI is InChI=1S/C16H16N4OS/c1-10-4-5-14(11(2)6-10)20-15-13(7-19-20)16(18-9-17-15)22-8-12(3)21/h4-7,9H,8H2,1-3H3. The number of Topliss-reactive ketones (excluding diaryl/α,β-unsaturated/α-hetero) is 1. The van der Waals surface area contributed by atoms with Gasteiger partial charge in [-0.15, -0.1) is 0 Å². The summed E-state index contributed by atoms with van der Waals surface area (Å²) in [6.07, 6.45) is 3.28. The molecule has 5 nitrogen and oxygen atoms in total. The highest BCUT2D eigenvalue weighted by molar-refractivity contribution is 8.00. The molecular weight excluding hydrogens is 296 g/mol. The van der Waals surface area contributed by atoms with Crippen LogP contribution in [0.25, 0.3) is 16.7 Å². The molecule has 0 aliphatic heterocycles. The predicted molar refractivity (Wildman–Crippen MR) is 87.5 cm³/mol. The molecule has 0 atom stereocenters. The van der Waals surface area contributed by atoms with Gasteiger partial charge in [0.25, 0.3) is 0 Å². The Morgan fingerprint density at radius 1 is 1.27 bits per heavy atom. The van der Waals surface area contributed by atoms with Crippen molar-refractivity contribution in [2.24, 2.45) is 0 Å². The van der Waals surface area contributed by atoms with Crippen molar-refractivity contribution in [1.82, 2.24) is 19.7 Å². The molecule has 0 saturated heterocycles. The SMILES string of the molecule is CC(=O)CSc1ncnc2c1cnn2-c1ccc(C)cc1C. The average molecular weight is 312 g/mol. The molecule has 2 aromatic heterocycles. The van der Waals surface area contributed by atoms with E-state index in [0.29, 0.717) is 5.75 Å². The van der Waals surface area contributed by atoms with E-state index in [1.807, 2.05) is 10.7 Å². The van der Waals surface area contributed by atoms with E-state index in [9.17, 15) is 4.79 Å². The molecule has 112 valence electrons. The molecule has 0 fully saturated rings. The van der Waals surface area contributed by atoms with Crippen LogP contribution in [0.5, 0.6) is 0 Å². The maximum Gasteiger partial charge on any atom is 0.167 e. The van der Waals surface area contributed by atoms with Crippen LogP contribution in [0.4, 0.5) is 0 Å². The molecule has 0 saturated carbocycles. The fourth-order valence-electron chi connectivity index (χ4n) is 2.33. The maximum absolute atomic E-state index is 11.2. The van der Waals surface area contributed by atoms with Crippen molar-refractivity contribution in [3.8, 4) is 5.69 Å². The lowest BCUT2D eigenvalue weighted by Crippen LogP contribution is -2.01. The Kier molecular flexibility index (Phi) is 3.94. The van der Waals surface area contributed by atoms with E-state index in [0.717, 1.165) is 27.3 Å². The predicted octanol–water partition coefficient (Wildman–Crippen LogP) is 3.11. The Morgan fingerprint density at radius 3 is 2.82 bits per heavy atom. The summed E-state index contributed by atoms with van der Waals surface area (Å²) in [7, 11) is 0. The second-order valence-corrected chi connectivity index (χ2v) is 6.22. The van der Waals surface area contributed by atoms with Crippen LogP contribution in [0, 0.1) is 13.8 Å². The number of aryl methyl sites for hydroxylation is 2. The zero-order valence-electron chi connectivity index (χ0n) is 12.7. The number of benzene rings is 1. The number of hydrogen-bond acceptors (Lipinski definition) is 5. The summed E-state index contributed by atoms with van der Waals surface area (Å²) in [5.74, 6) is 0.527. The lowest BCUT2D eigenvalue weighted by molar-refractivity contribution is -0.114. The summed E-state index contributed by atoms with van der Waals surface area (Å²) in [4.78, 5) is 19.8. The number of ketones is 1. The molecule has 3 aromatic rings. The summed E-state index contributed by atoms with van der Waals surface area (Å²) in [6, 6.07) is 6.22. The highest BCUT2D eigenvalue weighted by Gasteiger charge is 2.13. The third kappa shape index (κ3) is 2.74. The molecule has 2 heterocycles. The number of thioether (sulfide) groups is 1. The molecule has 0 N–H and O–H groups in total. The van der Waals surface area contributed by atoms with Crippen LogP contribution >= 0.6 is 11.8 Å². The molecule has 22 heavy (non-hydrogen) atoms. The van der Waals surface area contributed by atoms with Crippen molar-refractivity contribution in [3.63, 3.8) is 0 Å². The zero-order valence-corrected chi connectivity index (χ0v) is 13.5. The lowest BCUT2D eigenvalue weighted by atomic mass is 10.1. The number of rotatable bonds is 4. The number of carbonyl (C=O) groups is 1. The van der Waals surface area contributed by atoms with Crippen molar-refractivity contribution in [2.45, 2.75) is 25.8 Å². The lowest BCUT2D eigenvalue weighted by Gasteiger charge is -2.08. The van der Waals surface area contributed by atoms with Crippen LogP contribution in [0.2, 0.25) is 0 Å². The molecule has 1 aromatic carbocycles. The molecule has 0 aliphatic rings. The largest absolute Gasteiger partial charge is 0.299 e. The van der Waals surface area contributed by atoms with Crippen LogP contribution in [0.1, 0.15) is 18.1 Å². The normalized spacial score (nSPS) is 11.0.